The summed E-state index contributed by atoms with van der Waals surface area (Å²) in [6, 6.07) is 1.15. The number of halogens is 2. The second-order valence-electron chi connectivity index (χ2n) is 1.93. The monoisotopic (exact) mass is 207 g/mol. The molecule has 0 radical (unpaired) electrons. The number of aromatic hydroxyl groups is 1. The molecular formula is C6H3Cl2NO3. The molecule has 0 amide bonds. The molecule has 4 nitrogen and oxygen atoms in total. The van der Waals surface area contributed by atoms with E-state index in [9.17, 15) is 4.79 Å². The number of hydrogen-bond donors (Lipinski definition) is 2. The topological polar surface area (TPSA) is 70.4 Å². The van der Waals surface area contributed by atoms with E-state index in [1.165, 1.54) is 0 Å². The standard InChI is InChI=1S/C6H3Cl2NO3/c7-2-1-3(8)9-5(10)4(2)6(11)12/h1H,(H,9,10)(H,11,12). The van der Waals surface area contributed by atoms with Gasteiger partial charge >= 0.3 is 5.97 Å². The van der Waals surface area contributed by atoms with Crippen LogP contribution in [0.25, 0.3) is 0 Å². The van der Waals surface area contributed by atoms with E-state index in [1.807, 2.05) is 0 Å². The van der Waals surface area contributed by atoms with Crippen LogP contribution in [0.1, 0.15) is 10.4 Å². The Labute approximate surface area is 77.4 Å². The summed E-state index contributed by atoms with van der Waals surface area (Å²) in [5, 5.41) is 17.3. The minimum Gasteiger partial charge on any atom is -0.493 e. The molecule has 0 aliphatic carbocycles. The number of aromatic nitrogens is 1. The molecule has 0 fully saturated rings. The molecule has 0 saturated heterocycles. The number of pyridine rings is 1. The van der Waals surface area contributed by atoms with Crippen LogP contribution in [0.4, 0.5) is 0 Å². The van der Waals surface area contributed by atoms with Gasteiger partial charge in [-0.05, 0) is 6.07 Å². The average Bonchev–Trinajstić information content (AvgIpc) is 1.82. The summed E-state index contributed by atoms with van der Waals surface area (Å²) in [6.45, 7) is 0. The first kappa shape index (κ1) is 9.09. The van der Waals surface area contributed by atoms with Crippen LogP contribution in [0.15, 0.2) is 6.07 Å². The van der Waals surface area contributed by atoms with E-state index >= 15 is 0 Å². The second kappa shape index (κ2) is 3.16. The minimum atomic E-state index is -1.35. The van der Waals surface area contributed by atoms with Gasteiger partial charge in [-0.1, -0.05) is 23.2 Å². The van der Waals surface area contributed by atoms with Crippen molar-refractivity contribution in [2.75, 3.05) is 0 Å². The maximum absolute atomic E-state index is 10.4. The third kappa shape index (κ3) is 1.60. The summed E-state index contributed by atoms with van der Waals surface area (Å²) in [7, 11) is 0. The molecule has 0 unspecified atom stereocenters. The number of carboxylic acids is 1. The lowest BCUT2D eigenvalue weighted by atomic mass is 10.3. The van der Waals surface area contributed by atoms with Crippen LogP contribution in [-0.4, -0.2) is 21.2 Å². The smallest absolute Gasteiger partial charge is 0.342 e. The van der Waals surface area contributed by atoms with Gasteiger partial charge in [-0.2, -0.15) is 0 Å². The fourth-order valence-electron chi connectivity index (χ4n) is 0.671. The van der Waals surface area contributed by atoms with Crippen molar-refractivity contribution in [2.24, 2.45) is 0 Å². The van der Waals surface area contributed by atoms with Crippen LogP contribution in [-0.2, 0) is 0 Å². The number of nitrogens with zero attached hydrogens (tertiary/aromatic N) is 1. The van der Waals surface area contributed by atoms with Crippen molar-refractivity contribution in [3.8, 4) is 5.88 Å². The fourth-order valence-corrected chi connectivity index (χ4v) is 1.18. The summed E-state index contributed by atoms with van der Waals surface area (Å²) in [5.41, 5.74) is -0.443. The molecular weight excluding hydrogens is 205 g/mol. The number of carboxylic acid groups (broad SMARTS) is 1. The molecule has 1 rings (SSSR count). The lowest BCUT2D eigenvalue weighted by Gasteiger charge is -2.00. The molecule has 12 heavy (non-hydrogen) atoms. The Morgan fingerprint density at radius 2 is 2.08 bits per heavy atom. The van der Waals surface area contributed by atoms with Crippen LogP contribution >= 0.6 is 23.2 Å². The molecule has 1 heterocycles. The first-order valence-electron chi connectivity index (χ1n) is 2.80. The van der Waals surface area contributed by atoms with Gasteiger partial charge < -0.3 is 10.2 Å². The molecule has 0 bridgehead atoms. The molecule has 0 aromatic carbocycles. The van der Waals surface area contributed by atoms with Crippen molar-refractivity contribution in [2.45, 2.75) is 0 Å². The lowest BCUT2D eigenvalue weighted by Crippen LogP contribution is -1.99. The summed E-state index contributed by atoms with van der Waals surface area (Å²) in [5.74, 6) is -2.03. The third-order valence-corrected chi connectivity index (χ3v) is 1.63. The van der Waals surface area contributed by atoms with Crippen LogP contribution in [0, 0.1) is 0 Å². The van der Waals surface area contributed by atoms with Crippen molar-refractivity contribution < 1.29 is 15.0 Å². The zero-order valence-electron chi connectivity index (χ0n) is 5.58. The zero-order chi connectivity index (χ0) is 9.30. The summed E-state index contributed by atoms with van der Waals surface area (Å²) < 4.78 is 0. The average molecular weight is 208 g/mol. The van der Waals surface area contributed by atoms with Crippen LogP contribution in [0.2, 0.25) is 10.2 Å². The number of carbonyl (C=O) groups is 1. The van der Waals surface area contributed by atoms with E-state index < -0.39 is 17.4 Å². The first-order chi connectivity index (χ1) is 5.52. The molecule has 1 aromatic heterocycles. The van der Waals surface area contributed by atoms with E-state index in [0.29, 0.717) is 0 Å². The molecule has 64 valence electrons. The highest BCUT2D eigenvalue weighted by molar-refractivity contribution is 6.36. The highest BCUT2D eigenvalue weighted by Crippen LogP contribution is 2.26. The van der Waals surface area contributed by atoms with Gasteiger partial charge in [0.1, 0.15) is 10.7 Å². The van der Waals surface area contributed by atoms with Crippen LogP contribution in [0.5, 0.6) is 5.88 Å². The van der Waals surface area contributed by atoms with Gasteiger partial charge in [-0.25, -0.2) is 9.78 Å². The van der Waals surface area contributed by atoms with Gasteiger partial charge in [0.15, 0.2) is 0 Å². The Balaban J connectivity index is 3.38. The lowest BCUT2D eigenvalue weighted by molar-refractivity contribution is 0.0693. The first-order valence-corrected chi connectivity index (χ1v) is 3.56. The van der Waals surface area contributed by atoms with Gasteiger partial charge in [0, 0.05) is 0 Å². The van der Waals surface area contributed by atoms with Gasteiger partial charge in [0.25, 0.3) is 0 Å². The van der Waals surface area contributed by atoms with Crippen molar-refractivity contribution in [3.05, 3.63) is 21.8 Å². The normalized spacial score (nSPS) is 9.83. The van der Waals surface area contributed by atoms with Crippen LogP contribution in [0.3, 0.4) is 0 Å². The number of rotatable bonds is 1. The summed E-state index contributed by atoms with van der Waals surface area (Å²) in [6.07, 6.45) is 0. The van der Waals surface area contributed by atoms with Crippen molar-refractivity contribution in [3.63, 3.8) is 0 Å². The molecule has 0 aliphatic heterocycles. The van der Waals surface area contributed by atoms with E-state index in [1.54, 1.807) is 0 Å². The van der Waals surface area contributed by atoms with Crippen LogP contribution < -0.4 is 0 Å². The zero-order valence-corrected chi connectivity index (χ0v) is 7.10. The SMILES string of the molecule is O=C(O)c1c(Cl)cc(Cl)nc1O. The molecule has 0 spiro atoms. The van der Waals surface area contributed by atoms with Crippen molar-refractivity contribution >= 4 is 29.2 Å². The minimum absolute atomic E-state index is 0.0532. The predicted octanol–water partition coefficient (Wildman–Crippen LogP) is 1.79. The molecule has 2 N–H and O–H groups in total. The highest BCUT2D eigenvalue weighted by atomic mass is 35.5. The Hall–Kier alpha value is -1.00. The maximum atomic E-state index is 10.4. The Kier molecular flexibility index (Phi) is 2.40. The van der Waals surface area contributed by atoms with Crippen molar-refractivity contribution in [1.29, 1.82) is 0 Å². The number of aromatic carboxylic acids is 1. The second-order valence-corrected chi connectivity index (χ2v) is 2.73. The van der Waals surface area contributed by atoms with Crippen molar-refractivity contribution in [1.82, 2.24) is 4.98 Å². The van der Waals surface area contributed by atoms with E-state index in [0.717, 1.165) is 6.07 Å². The fraction of sp³-hybridized carbons (Fsp3) is 0. The number of hydrogen-bond acceptors (Lipinski definition) is 3. The van der Waals surface area contributed by atoms with E-state index in [2.05, 4.69) is 4.98 Å². The highest BCUT2D eigenvalue weighted by Gasteiger charge is 2.16. The predicted molar refractivity (Wildman–Crippen MR) is 42.9 cm³/mol. The molecule has 0 saturated carbocycles. The van der Waals surface area contributed by atoms with Gasteiger partial charge in [0.2, 0.25) is 5.88 Å². The molecule has 6 heteroatoms. The molecule has 0 atom stereocenters. The largest absolute Gasteiger partial charge is 0.493 e. The van der Waals surface area contributed by atoms with E-state index in [4.69, 9.17) is 33.4 Å². The quantitative estimate of drug-likeness (QED) is 0.690. The maximum Gasteiger partial charge on any atom is 0.342 e. The van der Waals surface area contributed by atoms with Gasteiger partial charge in [-0.15, -0.1) is 0 Å². The Morgan fingerprint density at radius 1 is 1.50 bits per heavy atom. The Morgan fingerprint density at radius 3 is 2.50 bits per heavy atom. The summed E-state index contributed by atoms with van der Waals surface area (Å²) >= 11 is 10.8. The third-order valence-electron chi connectivity index (χ3n) is 1.13. The Bertz CT molecular complexity index is 317. The molecule has 1 aromatic rings. The van der Waals surface area contributed by atoms with Gasteiger partial charge in [-0.3, -0.25) is 0 Å². The van der Waals surface area contributed by atoms with E-state index in [-0.39, 0.29) is 10.2 Å². The molecule has 0 aliphatic rings. The van der Waals surface area contributed by atoms with Gasteiger partial charge in [0.05, 0.1) is 5.02 Å². The summed E-state index contributed by atoms with van der Waals surface area (Å²) in [4.78, 5) is 13.7.